The van der Waals surface area contributed by atoms with E-state index in [1.165, 1.54) is 141 Å². The third-order valence-corrected chi connectivity index (χ3v) is 11.5. The zero-order valence-electron chi connectivity index (χ0n) is 41.6. The normalized spacial score (nSPS) is 12.5. The van der Waals surface area contributed by atoms with Gasteiger partial charge in [-0.2, -0.15) is 0 Å². The molecule has 0 spiro atoms. The average molecular weight is 881 g/mol. The highest BCUT2D eigenvalue weighted by Gasteiger charge is 2.19. The van der Waals surface area contributed by atoms with Crippen molar-refractivity contribution in [3.8, 4) is 0 Å². The molecule has 364 valence electrons. The summed E-state index contributed by atoms with van der Waals surface area (Å²) in [5.41, 5.74) is 0. The molecule has 0 aliphatic carbocycles. The van der Waals surface area contributed by atoms with Gasteiger partial charge in [0, 0.05) is 19.3 Å². The fourth-order valence-electron chi connectivity index (χ4n) is 7.43. The van der Waals surface area contributed by atoms with Crippen molar-refractivity contribution < 1.29 is 28.6 Å². The van der Waals surface area contributed by atoms with E-state index in [-0.39, 0.29) is 31.1 Å². The van der Waals surface area contributed by atoms with Crippen LogP contribution in [0, 0.1) is 0 Å². The van der Waals surface area contributed by atoms with E-state index in [0.717, 1.165) is 83.5 Å². The van der Waals surface area contributed by atoms with E-state index in [0.29, 0.717) is 19.3 Å². The maximum atomic E-state index is 12.8. The van der Waals surface area contributed by atoms with Gasteiger partial charge in [-0.15, -0.1) is 0 Å². The Morgan fingerprint density at radius 2 is 0.635 bits per heavy atom. The van der Waals surface area contributed by atoms with E-state index < -0.39 is 6.10 Å². The van der Waals surface area contributed by atoms with E-state index in [1.54, 1.807) is 0 Å². The van der Waals surface area contributed by atoms with Crippen molar-refractivity contribution in [2.24, 2.45) is 0 Å². The molecule has 0 saturated heterocycles. The SMILES string of the molecule is CC/C=C\C/C=C\C/C=C\CCCCCCCCCCCC(=O)OCC(COC(=O)CCCCCCC/C=C\CCCC)OC(=O)CCCCCCCCC/C=C\CCCCCC. The fraction of sp³-hybridized carbons (Fsp3) is 0.772. The van der Waals surface area contributed by atoms with Crippen LogP contribution in [-0.4, -0.2) is 37.2 Å². The van der Waals surface area contributed by atoms with E-state index in [9.17, 15) is 14.4 Å². The third kappa shape index (κ3) is 50.0. The summed E-state index contributed by atoms with van der Waals surface area (Å²) in [5, 5.41) is 0. The quantitative estimate of drug-likeness (QED) is 0.0262. The molecule has 0 saturated carbocycles. The van der Waals surface area contributed by atoms with Crippen LogP contribution in [-0.2, 0) is 28.6 Å². The van der Waals surface area contributed by atoms with Gasteiger partial charge in [0.2, 0.25) is 0 Å². The number of carbonyl (C=O) groups excluding carboxylic acids is 3. The number of esters is 3. The van der Waals surface area contributed by atoms with Crippen LogP contribution < -0.4 is 0 Å². The van der Waals surface area contributed by atoms with Crippen LogP contribution in [0.15, 0.2) is 60.8 Å². The summed E-state index contributed by atoms with van der Waals surface area (Å²) < 4.78 is 16.8. The Balaban J connectivity index is 4.34. The average Bonchev–Trinajstić information content (AvgIpc) is 3.28. The Bertz CT molecular complexity index is 1150. The van der Waals surface area contributed by atoms with Crippen molar-refractivity contribution in [3.63, 3.8) is 0 Å². The second kappa shape index (κ2) is 51.7. The van der Waals surface area contributed by atoms with Gasteiger partial charge in [0.05, 0.1) is 0 Å². The highest BCUT2D eigenvalue weighted by atomic mass is 16.6. The first-order valence-electron chi connectivity index (χ1n) is 26.8. The second-order valence-corrected chi connectivity index (χ2v) is 17.7. The minimum atomic E-state index is -0.780. The van der Waals surface area contributed by atoms with Gasteiger partial charge in [-0.3, -0.25) is 14.4 Å². The molecule has 0 fully saturated rings. The lowest BCUT2D eigenvalue weighted by Gasteiger charge is -2.18. The molecule has 1 unspecified atom stereocenters. The molecule has 0 N–H and O–H groups in total. The summed E-state index contributed by atoms with van der Waals surface area (Å²) in [5.74, 6) is -0.895. The topological polar surface area (TPSA) is 78.9 Å². The molecular weight excluding hydrogens is 781 g/mol. The highest BCUT2D eigenvalue weighted by Crippen LogP contribution is 2.15. The fourth-order valence-corrected chi connectivity index (χ4v) is 7.43. The zero-order valence-corrected chi connectivity index (χ0v) is 41.6. The molecule has 0 heterocycles. The van der Waals surface area contributed by atoms with Gasteiger partial charge in [-0.25, -0.2) is 0 Å². The molecule has 0 aromatic heterocycles. The van der Waals surface area contributed by atoms with Gasteiger partial charge < -0.3 is 14.2 Å². The minimum absolute atomic E-state index is 0.0808. The summed E-state index contributed by atoms with van der Waals surface area (Å²) in [7, 11) is 0. The van der Waals surface area contributed by atoms with Crippen molar-refractivity contribution in [2.75, 3.05) is 13.2 Å². The molecule has 0 rings (SSSR count). The van der Waals surface area contributed by atoms with Crippen LogP contribution in [0.2, 0.25) is 0 Å². The van der Waals surface area contributed by atoms with Crippen molar-refractivity contribution in [1.82, 2.24) is 0 Å². The number of rotatable bonds is 48. The van der Waals surface area contributed by atoms with Crippen LogP contribution >= 0.6 is 0 Å². The second-order valence-electron chi connectivity index (χ2n) is 17.7. The van der Waals surface area contributed by atoms with Gasteiger partial charge in [-0.1, -0.05) is 210 Å². The summed E-state index contributed by atoms with van der Waals surface area (Å²) >= 11 is 0. The molecule has 0 aromatic rings. The predicted octanol–water partition coefficient (Wildman–Crippen LogP) is 17.6. The Morgan fingerprint density at radius 3 is 1.03 bits per heavy atom. The number of carbonyl (C=O) groups is 3. The minimum Gasteiger partial charge on any atom is -0.462 e. The largest absolute Gasteiger partial charge is 0.462 e. The van der Waals surface area contributed by atoms with Crippen molar-refractivity contribution in [3.05, 3.63) is 60.8 Å². The lowest BCUT2D eigenvalue weighted by Crippen LogP contribution is -2.30. The van der Waals surface area contributed by atoms with Gasteiger partial charge in [0.1, 0.15) is 13.2 Å². The molecule has 1 atom stereocenters. The summed E-state index contributed by atoms with van der Waals surface area (Å²) in [6.07, 6.45) is 63.5. The van der Waals surface area contributed by atoms with Gasteiger partial charge in [0.15, 0.2) is 6.10 Å². The van der Waals surface area contributed by atoms with Gasteiger partial charge in [0.25, 0.3) is 0 Å². The number of allylic oxidation sites excluding steroid dienone is 10. The van der Waals surface area contributed by atoms with Crippen molar-refractivity contribution in [2.45, 2.75) is 271 Å². The number of hydrogen-bond acceptors (Lipinski definition) is 6. The first-order valence-corrected chi connectivity index (χ1v) is 26.8. The Kier molecular flexibility index (Phi) is 49.4. The molecule has 6 heteroatoms. The van der Waals surface area contributed by atoms with Crippen molar-refractivity contribution in [1.29, 1.82) is 0 Å². The van der Waals surface area contributed by atoms with Crippen LogP contribution in [0.4, 0.5) is 0 Å². The predicted molar refractivity (Wildman–Crippen MR) is 270 cm³/mol. The number of ether oxygens (including phenoxy) is 3. The van der Waals surface area contributed by atoms with Crippen LogP contribution in [0.3, 0.4) is 0 Å². The van der Waals surface area contributed by atoms with Gasteiger partial charge in [-0.05, 0) is 96.3 Å². The number of unbranched alkanes of at least 4 members (excludes halogenated alkanes) is 27. The molecule has 0 bridgehead atoms. The smallest absolute Gasteiger partial charge is 0.306 e. The molecule has 63 heavy (non-hydrogen) atoms. The van der Waals surface area contributed by atoms with E-state index in [2.05, 4.69) is 81.5 Å². The lowest BCUT2D eigenvalue weighted by molar-refractivity contribution is -0.167. The zero-order chi connectivity index (χ0) is 45.8. The third-order valence-electron chi connectivity index (χ3n) is 11.5. The Hall–Kier alpha value is -2.89. The highest BCUT2D eigenvalue weighted by molar-refractivity contribution is 5.71. The molecule has 0 amide bonds. The van der Waals surface area contributed by atoms with Crippen molar-refractivity contribution >= 4 is 17.9 Å². The first kappa shape index (κ1) is 60.1. The van der Waals surface area contributed by atoms with E-state index in [1.807, 2.05) is 0 Å². The Morgan fingerprint density at radius 1 is 0.333 bits per heavy atom. The molecule has 0 aliphatic rings. The summed E-state index contributed by atoms with van der Waals surface area (Å²) in [4.78, 5) is 38.0. The van der Waals surface area contributed by atoms with Crippen LogP contribution in [0.25, 0.3) is 0 Å². The van der Waals surface area contributed by atoms with E-state index in [4.69, 9.17) is 14.2 Å². The summed E-state index contributed by atoms with van der Waals surface area (Å²) in [6.45, 7) is 6.47. The maximum absolute atomic E-state index is 12.8. The van der Waals surface area contributed by atoms with E-state index >= 15 is 0 Å². The monoisotopic (exact) mass is 881 g/mol. The maximum Gasteiger partial charge on any atom is 0.306 e. The van der Waals surface area contributed by atoms with Crippen LogP contribution in [0.5, 0.6) is 0 Å². The van der Waals surface area contributed by atoms with Crippen LogP contribution in [0.1, 0.15) is 265 Å². The lowest BCUT2D eigenvalue weighted by atomic mass is 10.1. The standard InChI is InChI=1S/C57H100O6/c1-4-7-10-13-16-19-22-24-26-27-28-29-31-32-35-38-41-44-47-50-56(59)62-53-54(52-61-55(58)49-46-43-40-37-34-21-18-15-12-9-6-3)63-57(60)51-48-45-42-39-36-33-30-25-23-20-17-14-11-8-5-2/h7,10,15-16,18-20,23-24,26,54H,4-6,8-9,11-14,17,21-22,25,27-53H2,1-3H3/b10-7-,18-15-,19-16-,23-20-,26-24-. The molecule has 0 radical (unpaired) electrons. The molecule has 6 nitrogen and oxygen atoms in total. The Labute approximate surface area is 390 Å². The number of hydrogen-bond donors (Lipinski definition) is 0. The first-order chi connectivity index (χ1) is 31.0. The molecular formula is C57H100O6. The molecule has 0 aromatic carbocycles. The summed E-state index contributed by atoms with van der Waals surface area (Å²) in [6, 6.07) is 0. The van der Waals surface area contributed by atoms with Gasteiger partial charge >= 0.3 is 17.9 Å². The molecule has 0 aliphatic heterocycles.